The summed E-state index contributed by atoms with van der Waals surface area (Å²) >= 11 is 0. The highest BCUT2D eigenvalue weighted by Gasteiger charge is 2.40. The van der Waals surface area contributed by atoms with Gasteiger partial charge in [-0.05, 0) is 36.8 Å². The molecule has 0 N–H and O–H groups in total. The Morgan fingerprint density at radius 3 is 2.52 bits per heavy atom. The van der Waals surface area contributed by atoms with Crippen molar-refractivity contribution in [3.05, 3.63) is 53.9 Å². The molecule has 0 saturated carbocycles. The summed E-state index contributed by atoms with van der Waals surface area (Å²) < 4.78 is 42.9. The van der Waals surface area contributed by atoms with E-state index in [0.717, 1.165) is 17.0 Å². The highest BCUT2D eigenvalue weighted by molar-refractivity contribution is 7.86. The summed E-state index contributed by atoms with van der Waals surface area (Å²) in [6.45, 7) is 5.32. The first-order valence-electron chi connectivity index (χ1n) is 9.33. The van der Waals surface area contributed by atoms with Crippen LogP contribution >= 0.6 is 0 Å². The van der Waals surface area contributed by atoms with E-state index in [1.807, 2.05) is 49.5 Å². The lowest BCUT2D eigenvalue weighted by Crippen LogP contribution is -2.52. The fraction of sp³-hybridized carbons (Fsp3) is 0.474. The predicted octanol–water partition coefficient (Wildman–Crippen LogP) is 1.87. The Bertz CT molecular complexity index is 873. The Morgan fingerprint density at radius 2 is 1.81 bits per heavy atom. The summed E-state index contributed by atoms with van der Waals surface area (Å²) in [5, 5.41) is 0. The van der Waals surface area contributed by atoms with Gasteiger partial charge in [-0.15, -0.1) is 0 Å². The minimum Gasteiger partial charge on any atom is -0.494 e. The van der Waals surface area contributed by atoms with Gasteiger partial charge in [-0.2, -0.15) is 17.0 Å². The molecule has 1 aromatic heterocycles. The summed E-state index contributed by atoms with van der Waals surface area (Å²) in [5.41, 5.74) is 1.93. The van der Waals surface area contributed by atoms with Crippen LogP contribution in [-0.4, -0.2) is 61.1 Å². The van der Waals surface area contributed by atoms with E-state index in [2.05, 4.69) is 4.57 Å². The third-order valence-electron chi connectivity index (χ3n) is 5.09. The topological polar surface area (TPSA) is 64.0 Å². The Hall–Kier alpha value is -1.87. The smallest absolute Gasteiger partial charge is 0.283 e. The van der Waals surface area contributed by atoms with Crippen LogP contribution in [0.4, 0.5) is 0 Å². The largest absolute Gasteiger partial charge is 0.494 e. The molecule has 1 fully saturated rings. The molecule has 0 amide bonds. The zero-order valence-corrected chi connectivity index (χ0v) is 16.3. The van der Waals surface area contributed by atoms with Gasteiger partial charge in [-0.25, -0.2) is 0 Å². The number of ether oxygens (including phenoxy) is 2. The molecule has 1 unspecified atom stereocenters. The Balaban J connectivity index is 1.72. The third-order valence-corrected chi connectivity index (χ3v) is 7.10. The average molecular weight is 391 g/mol. The molecule has 0 spiro atoms. The molecule has 146 valence electrons. The van der Waals surface area contributed by atoms with Crippen molar-refractivity contribution in [2.24, 2.45) is 0 Å². The van der Waals surface area contributed by atoms with Gasteiger partial charge < -0.3 is 14.0 Å². The third kappa shape index (κ3) is 3.50. The fourth-order valence-corrected chi connectivity index (χ4v) is 5.50. The molecular formula is C19H25N3O4S. The molecule has 27 heavy (non-hydrogen) atoms. The van der Waals surface area contributed by atoms with E-state index >= 15 is 0 Å². The standard InChI is InChI=1S/C19H25N3O4S/c1-2-26-17-7-5-16(6-8-17)19-18-4-3-9-20(18)10-11-22(19)27(23,24)21-12-14-25-15-13-21/h3-9,19H,2,10-15H2,1H3. The molecule has 7 nitrogen and oxygen atoms in total. The molecule has 1 aromatic carbocycles. The quantitative estimate of drug-likeness (QED) is 0.781. The van der Waals surface area contributed by atoms with Crippen LogP contribution < -0.4 is 4.74 Å². The van der Waals surface area contributed by atoms with Crippen molar-refractivity contribution in [1.82, 2.24) is 13.2 Å². The van der Waals surface area contributed by atoms with Gasteiger partial charge in [0.25, 0.3) is 10.2 Å². The number of benzene rings is 1. The van der Waals surface area contributed by atoms with Crippen LogP contribution in [-0.2, 0) is 21.5 Å². The summed E-state index contributed by atoms with van der Waals surface area (Å²) in [6, 6.07) is 11.3. The Morgan fingerprint density at radius 1 is 1.07 bits per heavy atom. The molecule has 4 rings (SSSR count). The lowest BCUT2D eigenvalue weighted by Gasteiger charge is -2.40. The zero-order valence-electron chi connectivity index (χ0n) is 15.5. The van der Waals surface area contributed by atoms with Crippen molar-refractivity contribution in [3.8, 4) is 5.75 Å². The highest BCUT2D eigenvalue weighted by atomic mass is 32.2. The molecule has 8 heteroatoms. The van der Waals surface area contributed by atoms with Crippen LogP contribution in [0.1, 0.15) is 24.2 Å². The maximum atomic E-state index is 13.4. The summed E-state index contributed by atoms with van der Waals surface area (Å²) in [7, 11) is -3.58. The van der Waals surface area contributed by atoms with E-state index < -0.39 is 10.2 Å². The normalized spacial score (nSPS) is 21.7. The van der Waals surface area contributed by atoms with Crippen LogP contribution in [0.2, 0.25) is 0 Å². The molecular weight excluding hydrogens is 366 g/mol. The molecule has 1 atom stereocenters. The molecule has 1 saturated heterocycles. The number of rotatable bonds is 5. The van der Waals surface area contributed by atoms with E-state index in [9.17, 15) is 8.42 Å². The first kappa shape index (κ1) is 18.5. The van der Waals surface area contributed by atoms with Crippen LogP contribution in [0.25, 0.3) is 0 Å². The van der Waals surface area contributed by atoms with Crippen molar-refractivity contribution >= 4 is 10.2 Å². The van der Waals surface area contributed by atoms with Crippen LogP contribution in [0.5, 0.6) is 5.75 Å². The van der Waals surface area contributed by atoms with Crippen LogP contribution in [0.15, 0.2) is 42.6 Å². The van der Waals surface area contributed by atoms with Crippen molar-refractivity contribution in [2.75, 3.05) is 39.5 Å². The molecule has 3 heterocycles. The van der Waals surface area contributed by atoms with Gasteiger partial charge in [0, 0.05) is 38.1 Å². The fourth-order valence-electron chi connectivity index (χ4n) is 3.79. The van der Waals surface area contributed by atoms with Gasteiger partial charge in [0.05, 0.1) is 25.9 Å². The SMILES string of the molecule is CCOc1ccc(C2c3cccn3CCN2S(=O)(=O)N2CCOCC2)cc1. The minimum absolute atomic E-state index is 0.350. The summed E-state index contributed by atoms with van der Waals surface area (Å²) in [5.74, 6) is 0.787. The monoisotopic (exact) mass is 391 g/mol. The number of morpholine rings is 1. The molecule has 0 aliphatic carbocycles. The van der Waals surface area contributed by atoms with Gasteiger partial charge in [-0.1, -0.05) is 12.1 Å². The van der Waals surface area contributed by atoms with Gasteiger partial charge in [0.15, 0.2) is 0 Å². The van der Waals surface area contributed by atoms with Gasteiger partial charge in [-0.3, -0.25) is 0 Å². The first-order valence-corrected chi connectivity index (χ1v) is 10.7. The van der Waals surface area contributed by atoms with Crippen molar-refractivity contribution < 1.29 is 17.9 Å². The van der Waals surface area contributed by atoms with E-state index in [-0.39, 0.29) is 6.04 Å². The van der Waals surface area contributed by atoms with Crippen molar-refractivity contribution in [2.45, 2.75) is 19.5 Å². The second-order valence-corrected chi connectivity index (χ2v) is 8.54. The molecule has 2 aromatic rings. The van der Waals surface area contributed by atoms with Crippen molar-refractivity contribution in [1.29, 1.82) is 0 Å². The second kappa shape index (κ2) is 7.63. The summed E-state index contributed by atoms with van der Waals surface area (Å²) in [6.07, 6.45) is 2.01. The highest BCUT2D eigenvalue weighted by Crippen LogP contribution is 2.36. The zero-order chi connectivity index (χ0) is 18.9. The lowest BCUT2D eigenvalue weighted by molar-refractivity contribution is 0.0689. The number of aromatic nitrogens is 1. The predicted molar refractivity (Wildman–Crippen MR) is 102 cm³/mol. The summed E-state index contributed by atoms with van der Waals surface area (Å²) in [4.78, 5) is 0. The molecule has 0 bridgehead atoms. The Kier molecular flexibility index (Phi) is 5.23. The van der Waals surface area contributed by atoms with E-state index in [4.69, 9.17) is 9.47 Å². The van der Waals surface area contributed by atoms with E-state index in [1.165, 1.54) is 4.31 Å². The maximum absolute atomic E-state index is 13.4. The van der Waals surface area contributed by atoms with E-state index in [0.29, 0.717) is 46.0 Å². The molecule has 2 aliphatic rings. The Labute approximate surface area is 160 Å². The number of fused-ring (bicyclic) bond motifs is 1. The number of hydrogen-bond acceptors (Lipinski definition) is 4. The van der Waals surface area contributed by atoms with Crippen molar-refractivity contribution in [3.63, 3.8) is 0 Å². The van der Waals surface area contributed by atoms with Crippen LogP contribution in [0, 0.1) is 0 Å². The molecule has 2 aliphatic heterocycles. The second-order valence-electron chi connectivity index (χ2n) is 6.66. The van der Waals surface area contributed by atoms with Gasteiger partial charge in [0.2, 0.25) is 0 Å². The number of hydrogen-bond donors (Lipinski definition) is 0. The van der Waals surface area contributed by atoms with Gasteiger partial charge in [0.1, 0.15) is 5.75 Å². The minimum atomic E-state index is -3.58. The average Bonchev–Trinajstić information content (AvgIpc) is 3.18. The first-order chi connectivity index (χ1) is 13.1. The van der Waals surface area contributed by atoms with E-state index in [1.54, 1.807) is 4.31 Å². The van der Waals surface area contributed by atoms with Gasteiger partial charge >= 0.3 is 0 Å². The maximum Gasteiger partial charge on any atom is 0.283 e. The lowest BCUT2D eigenvalue weighted by atomic mass is 10.0. The number of nitrogens with zero attached hydrogens (tertiary/aromatic N) is 3. The van der Waals surface area contributed by atoms with Crippen LogP contribution in [0.3, 0.4) is 0 Å². The molecule has 0 radical (unpaired) electrons.